The van der Waals surface area contributed by atoms with E-state index in [2.05, 4.69) is 50.5 Å². The van der Waals surface area contributed by atoms with E-state index in [1.807, 2.05) is 0 Å². The van der Waals surface area contributed by atoms with Gasteiger partial charge >= 0.3 is 13.7 Å². The molecule has 0 aromatic heterocycles. The lowest BCUT2D eigenvalue weighted by Crippen LogP contribution is -2.28. The first-order valence-electron chi connectivity index (χ1n) is 10.7. The van der Waals surface area contributed by atoms with E-state index >= 15 is 0 Å². The molecule has 0 saturated carbocycles. The Kier molecular flexibility index (Phi) is 10.5. The Labute approximate surface area is 227 Å². The topological polar surface area (TPSA) is 103 Å². The number of phenols is 1. The summed E-state index contributed by atoms with van der Waals surface area (Å²) >= 11 is 4.21. The standard InChI is InChI=1S/C23H30I2NO7P/c1-7-30-34(29,31-8-2)14(3)17-13-18(24)21(32-16-11-9-15(27)10-12-16)19(25)20(17)26-22(28)33-23(4,5)6/h9-14,27H,7-8H2,1-6H3,(H,26,28). The highest BCUT2D eigenvalue weighted by atomic mass is 127. The third kappa shape index (κ3) is 7.71. The van der Waals surface area contributed by atoms with Gasteiger partial charge in [-0.25, -0.2) is 4.79 Å². The average molecular weight is 717 g/mol. The number of amides is 1. The normalized spacial score (nSPS) is 12.8. The molecule has 0 heterocycles. The summed E-state index contributed by atoms with van der Waals surface area (Å²) in [6.45, 7) is 11.0. The van der Waals surface area contributed by atoms with Crippen molar-refractivity contribution >= 4 is 64.6 Å². The Morgan fingerprint density at radius 3 is 2.18 bits per heavy atom. The number of ether oxygens (including phenoxy) is 2. The van der Waals surface area contributed by atoms with Crippen LogP contribution in [0.4, 0.5) is 10.5 Å². The molecule has 34 heavy (non-hydrogen) atoms. The van der Waals surface area contributed by atoms with Gasteiger partial charge in [-0.1, -0.05) is 0 Å². The molecular weight excluding hydrogens is 687 g/mol. The number of benzene rings is 2. The zero-order chi connectivity index (χ0) is 25.7. The van der Waals surface area contributed by atoms with Gasteiger partial charge in [0.2, 0.25) is 0 Å². The molecule has 2 rings (SSSR count). The van der Waals surface area contributed by atoms with Gasteiger partial charge in [-0.05, 0) is 123 Å². The highest BCUT2D eigenvalue weighted by molar-refractivity contribution is 14.1. The average Bonchev–Trinajstić information content (AvgIpc) is 2.73. The maximum absolute atomic E-state index is 13.6. The highest BCUT2D eigenvalue weighted by Crippen LogP contribution is 2.62. The van der Waals surface area contributed by atoms with E-state index in [9.17, 15) is 14.5 Å². The monoisotopic (exact) mass is 717 g/mol. The predicted molar refractivity (Wildman–Crippen MR) is 149 cm³/mol. The van der Waals surface area contributed by atoms with Crippen LogP contribution in [0.5, 0.6) is 17.2 Å². The zero-order valence-electron chi connectivity index (χ0n) is 20.0. The first-order valence-corrected chi connectivity index (χ1v) is 14.5. The molecule has 0 aliphatic heterocycles. The van der Waals surface area contributed by atoms with Crippen LogP contribution in [0.15, 0.2) is 30.3 Å². The molecule has 0 bridgehead atoms. The minimum atomic E-state index is -3.54. The van der Waals surface area contributed by atoms with E-state index in [0.29, 0.717) is 26.3 Å². The van der Waals surface area contributed by atoms with Crippen LogP contribution in [0, 0.1) is 7.14 Å². The number of rotatable bonds is 9. The fraction of sp³-hybridized carbons (Fsp3) is 0.435. The lowest BCUT2D eigenvalue weighted by Gasteiger charge is -2.27. The summed E-state index contributed by atoms with van der Waals surface area (Å²) in [5, 5.41) is 12.4. The summed E-state index contributed by atoms with van der Waals surface area (Å²) in [5.74, 6) is 1.12. The zero-order valence-corrected chi connectivity index (χ0v) is 25.2. The minimum Gasteiger partial charge on any atom is -0.508 e. The molecule has 2 aromatic carbocycles. The van der Waals surface area contributed by atoms with Crippen molar-refractivity contribution in [1.82, 2.24) is 0 Å². The first-order chi connectivity index (χ1) is 15.8. The van der Waals surface area contributed by atoms with Crippen molar-refractivity contribution in [2.75, 3.05) is 18.5 Å². The van der Waals surface area contributed by atoms with E-state index < -0.39 is 24.9 Å². The number of aromatic hydroxyl groups is 1. The van der Waals surface area contributed by atoms with Crippen LogP contribution in [0.3, 0.4) is 0 Å². The van der Waals surface area contributed by atoms with Crippen molar-refractivity contribution in [2.24, 2.45) is 0 Å². The van der Waals surface area contributed by atoms with Crippen molar-refractivity contribution in [3.05, 3.63) is 43.0 Å². The fourth-order valence-corrected chi connectivity index (χ4v) is 6.86. The molecule has 0 fully saturated rings. The fourth-order valence-electron chi connectivity index (χ4n) is 3.00. The van der Waals surface area contributed by atoms with E-state index in [0.717, 1.165) is 3.57 Å². The lowest BCUT2D eigenvalue weighted by atomic mass is 10.1. The summed E-state index contributed by atoms with van der Waals surface area (Å²) in [6, 6.07) is 8.10. The molecule has 0 radical (unpaired) electrons. The summed E-state index contributed by atoms with van der Waals surface area (Å²) in [7, 11) is -3.54. The van der Waals surface area contributed by atoms with Gasteiger partial charge in [0.25, 0.3) is 0 Å². The molecule has 1 unspecified atom stereocenters. The van der Waals surface area contributed by atoms with Crippen molar-refractivity contribution in [3.8, 4) is 17.2 Å². The number of anilines is 1. The molecule has 0 aliphatic carbocycles. The van der Waals surface area contributed by atoms with Gasteiger partial charge in [0.15, 0.2) is 5.75 Å². The second-order valence-electron chi connectivity index (χ2n) is 8.24. The van der Waals surface area contributed by atoms with E-state index in [1.54, 1.807) is 59.7 Å². The Morgan fingerprint density at radius 2 is 1.68 bits per heavy atom. The lowest BCUT2D eigenvalue weighted by molar-refractivity contribution is 0.0635. The van der Waals surface area contributed by atoms with Crippen LogP contribution >= 0.6 is 52.8 Å². The van der Waals surface area contributed by atoms with Crippen molar-refractivity contribution in [1.29, 1.82) is 0 Å². The second kappa shape index (κ2) is 12.2. The molecule has 188 valence electrons. The molecule has 1 atom stereocenters. The van der Waals surface area contributed by atoms with Crippen LogP contribution < -0.4 is 10.1 Å². The second-order valence-corrected chi connectivity index (χ2v) is 12.9. The number of carbonyl (C=O) groups is 1. The molecule has 8 nitrogen and oxygen atoms in total. The third-order valence-electron chi connectivity index (χ3n) is 4.43. The largest absolute Gasteiger partial charge is 0.508 e. The van der Waals surface area contributed by atoms with Gasteiger partial charge in [0.05, 0.1) is 31.7 Å². The summed E-state index contributed by atoms with van der Waals surface area (Å²) < 4.78 is 37.6. The van der Waals surface area contributed by atoms with E-state index in [-0.39, 0.29) is 19.0 Å². The quantitative estimate of drug-likeness (QED) is 0.200. The molecule has 0 aliphatic rings. The Bertz CT molecular complexity index is 1040. The summed E-state index contributed by atoms with van der Waals surface area (Å²) in [5.41, 5.74) is -0.414. The summed E-state index contributed by atoms with van der Waals surface area (Å²) in [4.78, 5) is 12.7. The van der Waals surface area contributed by atoms with Gasteiger partial charge < -0.3 is 23.6 Å². The van der Waals surface area contributed by atoms with E-state index in [4.69, 9.17) is 18.5 Å². The predicted octanol–water partition coefficient (Wildman–Crippen LogP) is 8.07. The molecular formula is C23H30I2NO7P. The molecule has 0 spiro atoms. The van der Waals surface area contributed by atoms with Crippen LogP contribution in [0.25, 0.3) is 0 Å². The van der Waals surface area contributed by atoms with Gasteiger partial charge in [0, 0.05) is 0 Å². The number of phenolic OH excluding ortho intramolecular Hbond substituents is 1. The maximum Gasteiger partial charge on any atom is 0.412 e. The first kappa shape index (κ1) is 29.2. The van der Waals surface area contributed by atoms with Crippen molar-refractivity contribution < 1.29 is 33.0 Å². The SMILES string of the molecule is CCOP(=O)(OCC)C(C)c1cc(I)c(Oc2ccc(O)cc2)c(I)c1NC(=O)OC(C)(C)C. The Morgan fingerprint density at radius 1 is 1.12 bits per heavy atom. The molecule has 0 saturated heterocycles. The number of carbonyl (C=O) groups excluding carboxylic acids is 1. The molecule has 2 aromatic rings. The van der Waals surface area contributed by atoms with Crippen LogP contribution in [0.1, 0.15) is 52.8 Å². The third-order valence-corrected chi connectivity index (χ3v) is 8.73. The Balaban J connectivity index is 2.62. The number of nitrogens with one attached hydrogen (secondary N) is 1. The van der Waals surface area contributed by atoms with Gasteiger partial charge in [-0.2, -0.15) is 0 Å². The van der Waals surface area contributed by atoms with Crippen molar-refractivity contribution in [2.45, 2.75) is 52.8 Å². The maximum atomic E-state index is 13.6. The molecule has 1 amide bonds. The molecule has 2 N–H and O–H groups in total. The number of hydrogen-bond acceptors (Lipinski definition) is 7. The van der Waals surface area contributed by atoms with Gasteiger partial charge in [0.1, 0.15) is 17.1 Å². The van der Waals surface area contributed by atoms with E-state index in [1.165, 1.54) is 12.1 Å². The van der Waals surface area contributed by atoms with Gasteiger partial charge in [-0.15, -0.1) is 0 Å². The number of hydrogen-bond donors (Lipinski definition) is 2. The van der Waals surface area contributed by atoms with Gasteiger partial charge in [-0.3, -0.25) is 9.88 Å². The van der Waals surface area contributed by atoms with Crippen molar-refractivity contribution in [3.63, 3.8) is 0 Å². The number of halogens is 2. The summed E-state index contributed by atoms with van der Waals surface area (Å²) in [6.07, 6.45) is -0.654. The Hall–Kier alpha value is -1.08. The van der Waals surface area contributed by atoms with Crippen LogP contribution in [-0.2, 0) is 18.3 Å². The smallest absolute Gasteiger partial charge is 0.412 e. The van der Waals surface area contributed by atoms with Crippen LogP contribution in [-0.4, -0.2) is 30.0 Å². The minimum absolute atomic E-state index is 0.121. The highest BCUT2D eigenvalue weighted by Gasteiger charge is 2.37. The van der Waals surface area contributed by atoms with Crippen LogP contribution in [0.2, 0.25) is 0 Å². The molecule has 11 heteroatoms.